The van der Waals surface area contributed by atoms with Crippen LogP contribution in [0.1, 0.15) is 6.42 Å². The Bertz CT molecular complexity index is 618. The standard InChI is InChI=1S/C14H22N4O3S/c1-15-22(20,21)13-6-3-2-5-12(13)16-7-4-9-18-10-8-17-14(19)11-18/h2-3,5-6,15-16H,4,7-11H2,1H3,(H,17,19). The van der Waals surface area contributed by atoms with Crippen molar-refractivity contribution in [1.29, 1.82) is 0 Å². The van der Waals surface area contributed by atoms with Gasteiger partial charge in [0.05, 0.1) is 12.2 Å². The van der Waals surface area contributed by atoms with Crippen molar-refractivity contribution < 1.29 is 13.2 Å². The average molecular weight is 326 g/mol. The molecule has 0 atom stereocenters. The van der Waals surface area contributed by atoms with Crippen molar-refractivity contribution in [3.8, 4) is 0 Å². The fourth-order valence-corrected chi connectivity index (χ4v) is 3.27. The third kappa shape index (κ3) is 4.43. The number of hydrogen-bond donors (Lipinski definition) is 3. The molecule has 1 fully saturated rings. The van der Waals surface area contributed by atoms with Crippen LogP contribution in [0.25, 0.3) is 0 Å². The maximum atomic E-state index is 11.9. The highest BCUT2D eigenvalue weighted by atomic mass is 32.2. The summed E-state index contributed by atoms with van der Waals surface area (Å²) >= 11 is 0. The number of nitrogens with one attached hydrogen (secondary N) is 3. The lowest BCUT2D eigenvalue weighted by Gasteiger charge is -2.26. The Labute approximate surface area is 131 Å². The molecule has 122 valence electrons. The molecule has 1 aliphatic heterocycles. The number of rotatable bonds is 7. The summed E-state index contributed by atoms with van der Waals surface area (Å²) in [5.41, 5.74) is 0.591. The third-order valence-electron chi connectivity index (χ3n) is 3.53. The van der Waals surface area contributed by atoms with Crippen molar-refractivity contribution in [3.05, 3.63) is 24.3 Å². The Morgan fingerprint density at radius 1 is 1.32 bits per heavy atom. The molecule has 7 nitrogen and oxygen atoms in total. The van der Waals surface area contributed by atoms with Crippen LogP contribution in [0, 0.1) is 0 Å². The Morgan fingerprint density at radius 2 is 2.09 bits per heavy atom. The molecule has 0 saturated carbocycles. The summed E-state index contributed by atoms with van der Waals surface area (Å²) in [4.78, 5) is 13.6. The Kier molecular flexibility index (Phi) is 5.76. The molecule has 0 aromatic heterocycles. The lowest BCUT2D eigenvalue weighted by Crippen LogP contribution is -2.47. The largest absolute Gasteiger partial charge is 0.384 e. The second-order valence-electron chi connectivity index (χ2n) is 5.11. The van der Waals surface area contributed by atoms with Crippen LogP contribution in [0.3, 0.4) is 0 Å². The maximum absolute atomic E-state index is 11.9. The first-order chi connectivity index (χ1) is 10.5. The normalized spacial score (nSPS) is 16.3. The molecule has 1 amide bonds. The number of nitrogens with zero attached hydrogens (tertiary/aromatic N) is 1. The molecule has 1 aromatic carbocycles. The van der Waals surface area contributed by atoms with Crippen LogP contribution in [-0.2, 0) is 14.8 Å². The molecule has 0 aliphatic carbocycles. The highest BCUT2D eigenvalue weighted by molar-refractivity contribution is 7.89. The molecule has 1 aliphatic rings. The van der Waals surface area contributed by atoms with Gasteiger partial charge >= 0.3 is 0 Å². The second-order valence-corrected chi connectivity index (χ2v) is 6.97. The molecule has 0 unspecified atom stereocenters. The number of para-hydroxylation sites is 1. The van der Waals surface area contributed by atoms with Crippen molar-refractivity contribution in [1.82, 2.24) is 14.9 Å². The number of benzene rings is 1. The lowest BCUT2D eigenvalue weighted by molar-refractivity contribution is -0.124. The van der Waals surface area contributed by atoms with Crippen LogP contribution in [0.2, 0.25) is 0 Å². The first-order valence-corrected chi connectivity index (χ1v) is 8.77. The van der Waals surface area contributed by atoms with E-state index in [4.69, 9.17) is 0 Å². The van der Waals surface area contributed by atoms with E-state index >= 15 is 0 Å². The molecular weight excluding hydrogens is 304 g/mol. The number of hydrogen-bond acceptors (Lipinski definition) is 5. The number of carbonyl (C=O) groups excluding carboxylic acids is 1. The molecule has 0 spiro atoms. The van der Waals surface area contributed by atoms with Gasteiger partial charge in [-0.1, -0.05) is 12.1 Å². The molecule has 3 N–H and O–H groups in total. The molecule has 2 rings (SSSR count). The van der Waals surface area contributed by atoms with Crippen molar-refractivity contribution in [2.24, 2.45) is 0 Å². The molecular formula is C14H22N4O3S. The van der Waals surface area contributed by atoms with Crippen LogP contribution >= 0.6 is 0 Å². The van der Waals surface area contributed by atoms with E-state index in [1.165, 1.54) is 7.05 Å². The van der Waals surface area contributed by atoms with Gasteiger partial charge in [0.1, 0.15) is 4.90 Å². The van der Waals surface area contributed by atoms with Gasteiger partial charge in [0.2, 0.25) is 15.9 Å². The second kappa shape index (κ2) is 7.57. The van der Waals surface area contributed by atoms with Crippen molar-refractivity contribution in [2.45, 2.75) is 11.3 Å². The number of anilines is 1. The van der Waals surface area contributed by atoms with E-state index in [9.17, 15) is 13.2 Å². The minimum Gasteiger partial charge on any atom is -0.384 e. The topological polar surface area (TPSA) is 90.5 Å². The van der Waals surface area contributed by atoms with Crippen LogP contribution in [0.15, 0.2) is 29.2 Å². The van der Waals surface area contributed by atoms with E-state index in [1.54, 1.807) is 24.3 Å². The SMILES string of the molecule is CNS(=O)(=O)c1ccccc1NCCCN1CCNC(=O)C1. The van der Waals surface area contributed by atoms with Crippen LogP contribution in [0.5, 0.6) is 0 Å². The number of carbonyl (C=O) groups is 1. The molecule has 0 bridgehead atoms. The summed E-state index contributed by atoms with van der Waals surface area (Å²) in [7, 11) is -2.07. The lowest BCUT2D eigenvalue weighted by atomic mass is 10.3. The van der Waals surface area contributed by atoms with Crippen LogP contribution in [0.4, 0.5) is 5.69 Å². The van der Waals surface area contributed by atoms with E-state index < -0.39 is 10.0 Å². The summed E-state index contributed by atoms with van der Waals surface area (Å²) in [5, 5.41) is 5.95. The first kappa shape index (κ1) is 16.7. The van der Waals surface area contributed by atoms with Gasteiger partial charge in [0.15, 0.2) is 0 Å². The summed E-state index contributed by atoms with van der Waals surface area (Å²) in [5.74, 6) is 0.0599. The minimum atomic E-state index is -3.47. The van der Waals surface area contributed by atoms with Gasteiger partial charge < -0.3 is 10.6 Å². The fourth-order valence-electron chi connectivity index (χ4n) is 2.37. The van der Waals surface area contributed by atoms with Crippen molar-refractivity contribution >= 4 is 21.6 Å². The van der Waals surface area contributed by atoms with Gasteiger partial charge in [-0.3, -0.25) is 9.69 Å². The summed E-state index contributed by atoms with van der Waals surface area (Å²) in [6.07, 6.45) is 0.835. The van der Waals surface area contributed by atoms with E-state index in [0.29, 0.717) is 25.3 Å². The number of piperazine rings is 1. The Balaban J connectivity index is 1.86. The van der Waals surface area contributed by atoms with Crippen LogP contribution in [-0.4, -0.2) is 59.0 Å². The van der Waals surface area contributed by atoms with Gasteiger partial charge in [-0.05, 0) is 25.6 Å². The molecule has 0 radical (unpaired) electrons. The van der Waals surface area contributed by atoms with E-state index in [1.807, 2.05) is 0 Å². The monoisotopic (exact) mass is 326 g/mol. The van der Waals surface area contributed by atoms with Gasteiger partial charge in [-0.2, -0.15) is 0 Å². The maximum Gasteiger partial charge on any atom is 0.242 e. The fraction of sp³-hybridized carbons (Fsp3) is 0.500. The van der Waals surface area contributed by atoms with Crippen LogP contribution < -0.4 is 15.4 Å². The highest BCUT2D eigenvalue weighted by Gasteiger charge is 2.17. The van der Waals surface area contributed by atoms with Gasteiger partial charge in [-0.15, -0.1) is 0 Å². The zero-order valence-corrected chi connectivity index (χ0v) is 13.4. The van der Waals surface area contributed by atoms with Gasteiger partial charge in [0.25, 0.3) is 0 Å². The predicted octanol–water partition coefficient (Wildman–Crippen LogP) is -0.171. The quantitative estimate of drug-likeness (QED) is 0.605. The summed E-state index contributed by atoms with van der Waals surface area (Å²) < 4.78 is 26.2. The van der Waals surface area contributed by atoms with Crippen molar-refractivity contribution in [2.75, 3.05) is 45.1 Å². The van der Waals surface area contributed by atoms with Crippen molar-refractivity contribution in [3.63, 3.8) is 0 Å². The van der Waals surface area contributed by atoms with Gasteiger partial charge in [-0.25, -0.2) is 13.1 Å². The highest BCUT2D eigenvalue weighted by Crippen LogP contribution is 2.20. The molecule has 1 aromatic rings. The molecule has 1 heterocycles. The summed E-state index contributed by atoms with van der Waals surface area (Å²) in [6, 6.07) is 6.81. The third-order valence-corrected chi connectivity index (χ3v) is 5.00. The molecule has 22 heavy (non-hydrogen) atoms. The summed E-state index contributed by atoms with van der Waals surface area (Å²) in [6.45, 7) is 3.44. The number of sulfonamides is 1. The molecule has 8 heteroatoms. The number of amides is 1. The predicted molar refractivity (Wildman–Crippen MR) is 85.2 cm³/mol. The Morgan fingerprint density at radius 3 is 2.82 bits per heavy atom. The van der Waals surface area contributed by atoms with E-state index in [0.717, 1.165) is 19.5 Å². The Hall–Kier alpha value is -1.64. The minimum absolute atomic E-state index is 0.0599. The zero-order chi connectivity index (χ0) is 16.0. The first-order valence-electron chi connectivity index (χ1n) is 7.28. The zero-order valence-electron chi connectivity index (χ0n) is 12.6. The van der Waals surface area contributed by atoms with Gasteiger partial charge in [0, 0.05) is 26.2 Å². The van der Waals surface area contributed by atoms with E-state index in [-0.39, 0.29) is 10.8 Å². The molecule has 1 saturated heterocycles. The average Bonchev–Trinajstić information content (AvgIpc) is 2.52. The van der Waals surface area contributed by atoms with E-state index in [2.05, 4.69) is 20.3 Å². The smallest absolute Gasteiger partial charge is 0.242 e.